The molecule has 0 bridgehead atoms. The number of rotatable bonds is 6. The summed E-state index contributed by atoms with van der Waals surface area (Å²) in [7, 11) is 0. The molecule has 0 aromatic carbocycles. The standard InChI is InChI=1S/C10H22S2/c1-6-7-8-10(4,11-5)12-9(2)3/h9H,6-8H2,1-5H3. The third kappa shape index (κ3) is 5.36. The molecule has 0 aliphatic heterocycles. The lowest BCUT2D eigenvalue weighted by atomic mass is 10.2. The zero-order valence-corrected chi connectivity index (χ0v) is 10.6. The molecule has 0 N–H and O–H groups in total. The molecule has 1 atom stereocenters. The van der Waals surface area contributed by atoms with Gasteiger partial charge in [-0.15, -0.1) is 23.5 Å². The fraction of sp³-hybridized carbons (Fsp3) is 1.00. The normalized spacial score (nSPS) is 16.5. The van der Waals surface area contributed by atoms with E-state index in [1.807, 2.05) is 11.8 Å². The maximum absolute atomic E-state index is 2.37. The Morgan fingerprint density at radius 1 is 1.33 bits per heavy atom. The van der Waals surface area contributed by atoms with Crippen LogP contribution in [0.25, 0.3) is 0 Å². The Morgan fingerprint density at radius 2 is 1.92 bits per heavy atom. The van der Waals surface area contributed by atoms with Crippen molar-refractivity contribution in [1.29, 1.82) is 0 Å². The van der Waals surface area contributed by atoms with Crippen molar-refractivity contribution >= 4 is 23.5 Å². The Hall–Kier alpha value is 0.700. The zero-order chi connectivity index (χ0) is 9.61. The van der Waals surface area contributed by atoms with Gasteiger partial charge >= 0.3 is 0 Å². The first-order valence-corrected chi connectivity index (χ1v) is 6.87. The van der Waals surface area contributed by atoms with Gasteiger partial charge in [0.25, 0.3) is 0 Å². The molecule has 0 aromatic heterocycles. The Morgan fingerprint density at radius 3 is 2.25 bits per heavy atom. The van der Waals surface area contributed by atoms with E-state index in [0.29, 0.717) is 4.08 Å². The van der Waals surface area contributed by atoms with E-state index in [4.69, 9.17) is 0 Å². The summed E-state index contributed by atoms with van der Waals surface area (Å²) >= 11 is 4.11. The molecule has 0 radical (unpaired) electrons. The molecule has 1 unspecified atom stereocenters. The van der Waals surface area contributed by atoms with Crippen molar-refractivity contribution in [2.75, 3.05) is 6.26 Å². The van der Waals surface area contributed by atoms with Crippen molar-refractivity contribution < 1.29 is 0 Å². The smallest absolute Gasteiger partial charge is 0.0582 e. The first kappa shape index (κ1) is 12.7. The fourth-order valence-corrected chi connectivity index (χ4v) is 3.78. The van der Waals surface area contributed by atoms with Crippen LogP contribution in [0.3, 0.4) is 0 Å². The minimum absolute atomic E-state index is 0.449. The molecule has 0 spiro atoms. The van der Waals surface area contributed by atoms with Gasteiger partial charge < -0.3 is 0 Å². The van der Waals surface area contributed by atoms with E-state index in [-0.39, 0.29) is 0 Å². The summed E-state index contributed by atoms with van der Waals surface area (Å²) in [4.78, 5) is 0. The molecule has 0 fully saturated rings. The summed E-state index contributed by atoms with van der Waals surface area (Å²) in [5.41, 5.74) is 0. The van der Waals surface area contributed by atoms with Gasteiger partial charge in [0, 0.05) is 5.25 Å². The monoisotopic (exact) mass is 206 g/mol. The van der Waals surface area contributed by atoms with Gasteiger partial charge in [-0.25, -0.2) is 0 Å². The van der Waals surface area contributed by atoms with Gasteiger partial charge in [0.2, 0.25) is 0 Å². The van der Waals surface area contributed by atoms with Gasteiger partial charge in [-0.1, -0.05) is 33.6 Å². The minimum atomic E-state index is 0.449. The second kappa shape index (κ2) is 6.20. The van der Waals surface area contributed by atoms with Gasteiger partial charge in [-0.05, 0) is 19.6 Å². The second-order valence-corrected chi connectivity index (χ2v) is 7.26. The summed E-state index contributed by atoms with van der Waals surface area (Å²) in [6.07, 6.45) is 6.24. The number of unbranched alkanes of at least 4 members (excludes halogenated alkanes) is 1. The molecule has 12 heavy (non-hydrogen) atoms. The van der Waals surface area contributed by atoms with Crippen molar-refractivity contribution in [3.8, 4) is 0 Å². The van der Waals surface area contributed by atoms with E-state index in [1.54, 1.807) is 0 Å². The highest BCUT2D eigenvalue weighted by atomic mass is 32.2. The van der Waals surface area contributed by atoms with E-state index < -0.39 is 0 Å². The van der Waals surface area contributed by atoms with Crippen LogP contribution in [0.4, 0.5) is 0 Å². The number of hydrogen-bond donors (Lipinski definition) is 0. The predicted octanol–water partition coefficient (Wildman–Crippen LogP) is 4.40. The Kier molecular flexibility index (Phi) is 6.56. The van der Waals surface area contributed by atoms with E-state index in [0.717, 1.165) is 5.25 Å². The molecule has 0 amide bonds. The topological polar surface area (TPSA) is 0 Å². The zero-order valence-electron chi connectivity index (χ0n) is 9.02. The van der Waals surface area contributed by atoms with Crippen LogP contribution < -0.4 is 0 Å². The molecule has 0 saturated carbocycles. The first-order chi connectivity index (χ1) is 5.54. The van der Waals surface area contributed by atoms with Gasteiger partial charge in [0.15, 0.2) is 0 Å². The van der Waals surface area contributed by atoms with Gasteiger partial charge in [-0.2, -0.15) is 0 Å². The minimum Gasteiger partial charge on any atom is -0.148 e. The summed E-state index contributed by atoms with van der Waals surface area (Å²) in [6, 6.07) is 0. The third-order valence-corrected chi connectivity index (χ3v) is 4.93. The van der Waals surface area contributed by atoms with Crippen LogP contribution in [0.5, 0.6) is 0 Å². The van der Waals surface area contributed by atoms with Crippen LogP contribution in [0, 0.1) is 0 Å². The van der Waals surface area contributed by atoms with Crippen molar-refractivity contribution in [2.24, 2.45) is 0 Å². The molecule has 0 nitrogen and oxygen atoms in total. The lowest BCUT2D eigenvalue weighted by molar-refractivity contribution is 0.684. The highest BCUT2D eigenvalue weighted by Crippen LogP contribution is 2.41. The second-order valence-electron chi connectivity index (χ2n) is 3.61. The van der Waals surface area contributed by atoms with Gasteiger partial charge in [0.05, 0.1) is 4.08 Å². The van der Waals surface area contributed by atoms with Crippen molar-refractivity contribution in [3.63, 3.8) is 0 Å². The maximum Gasteiger partial charge on any atom is 0.0582 e. The molecule has 0 rings (SSSR count). The van der Waals surface area contributed by atoms with E-state index in [9.17, 15) is 0 Å². The molecular weight excluding hydrogens is 184 g/mol. The van der Waals surface area contributed by atoms with Crippen LogP contribution >= 0.6 is 23.5 Å². The molecule has 74 valence electrons. The summed E-state index contributed by atoms with van der Waals surface area (Å²) < 4.78 is 0.449. The average molecular weight is 206 g/mol. The summed E-state index contributed by atoms with van der Waals surface area (Å²) in [6.45, 7) is 9.20. The fourth-order valence-electron chi connectivity index (χ4n) is 1.21. The van der Waals surface area contributed by atoms with Crippen LogP contribution in [-0.4, -0.2) is 15.6 Å². The van der Waals surface area contributed by atoms with E-state index >= 15 is 0 Å². The lowest BCUT2D eigenvalue weighted by Crippen LogP contribution is -2.17. The molecule has 0 aliphatic rings. The van der Waals surface area contributed by atoms with Gasteiger partial charge in [-0.3, -0.25) is 0 Å². The molecular formula is C10H22S2. The Bertz CT molecular complexity index is 112. The predicted molar refractivity (Wildman–Crippen MR) is 64.2 cm³/mol. The molecule has 2 heteroatoms. The van der Waals surface area contributed by atoms with Crippen LogP contribution in [0.2, 0.25) is 0 Å². The summed E-state index contributed by atoms with van der Waals surface area (Å²) in [5, 5.41) is 0.749. The highest BCUT2D eigenvalue weighted by molar-refractivity contribution is 8.18. The van der Waals surface area contributed by atoms with Crippen LogP contribution in [0.15, 0.2) is 0 Å². The molecule has 0 saturated heterocycles. The third-order valence-electron chi connectivity index (χ3n) is 1.90. The molecule has 0 heterocycles. The van der Waals surface area contributed by atoms with Crippen molar-refractivity contribution in [1.82, 2.24) is 0 Å². The quantitative estimate of drug-likeness (QED) is 0.591. The van der Waals surface area contributed by atoms with E-state index in [1.165, 1.54) is 19.3 Å². The van der Waals surface area contributed by atoms with Crippen molar-refractivity contribution in [3.05, 3.63) is 0 Å². The van der Waals surface area contributed by atoms with E-state index in [2.05, 4.69) is 45.7 Å². The maximum atomic E-state index is 2.37. The number of hydrogen-bond acceptors (Lipinski definition) is 2. The highest BCUT2D eigenvalue weighted by Gasteiger charge is 2.23. The first-order valence-electron chi connectivity index (χ1n) is 4.77. The molecule has 0 aliphatic carbocycles. The molecule has 0 aromatic rings. The SMILES string of the molecule is CCCCC(C)(SC)SC(C)C. The summed E-state index contributed by atoms with van der Waals surface area (Å²) in [5.74, 6) is 0. The lowest BCUT2D eigenvalue weighted by Gasteiger charge is -2.28. The van der Waals surface area contributed by atoms with Crippen molar-refractivity contribution in [2.45, 2.75) is 56.3 Å². The van der Waals surface area contributed by atoms with Crippen LogP contribution in [-0.2, 0) is 0 Å². The van der Waals surface area contributed by atoms with Gasteiger partial charge in [0.1, 0.15) is 0 Å². The average Bonchev–Trinajstić information content (AvgIpc) is 2.00. The Balaban J connectivity index is 3.86. The Labute approximate surface area is 86.3 Å². The number of thioether (sulfide) groups is 2. The van der Waals surface area contributed by atoms with Crippen LogP contribution in [0.1, 0.15) is 47.0 Å². The largest absolute Gasteiger partial charge is 0.148 e.